The number of alkyl carbamates (subject to hydrolysis) is 1. The van der Waals surface area contributed by atoms with Gasteiger partial charge in [0, 0.05) is 30.1 Å². The Bertz CT molecular complexity index is 1020. The zero-order chi connectivity index (χ0) is 21.7. The van der Waals surface area contributed by atoms with Crippen molar-refractivity contribution in [3.63, 3.8) is 0 Å². The van der Waals surface area contributed by atoms with Gasteiger partial charge in [0.25, 0.3) is 0 Å². The highest BCUT2D eigenvalue weighted by molar-refractivity contribution is 7.80. The minimum absolute atomic E-state index is 0.287. The summed E-state index contributed by atoms with van der Waals surface area (Å²) >= 11 is 5.59. The number of fused-ring (bicyclic) bond motifs is 1. The second-order valence-electron chi connectivity index (χ2n) is 8.11. The van der Waals surface area contributed by atoms with E-state index in [0.717, 1.165) is 22.0 Å². The van der Waals surface area contributed by atoms with Crippen molar-refractivity contribution in [2.24, 2.45) is 0 Å². The van der Waals surface area contributed by atoms with Gasteiger partial charge in [0.15, 0.2) is 0 Å². The molecule has 3 aromatic rings. The van der Waals surface area contributed by atoms with Crippen molar-refractivity contribution in [3.05, 3.63) is 71.7 Å². The maximum Gasteiger partial charge on any atom is 0.408 e. The SMILES string of the molecule is CC(C)(C)OC(=O)N[C@H](Cc1c[nH]c2ccccc12)C(=S)NCc1ccc(F)cc1. The zero-order valence-electron chi connectivity index (χ0n) is 17.3. The van der Waals surface area contributed by atoms with Gasteiger partial charge in [0.2, 0.25) is 0 Å². The lowest BCUT2D eigenvalue weighted by atomic mass is 10.0. The van der Waals surface area contributed by atoms with Crippen molar-refractivity contribution in [2.75, 3.05) is 0 Å². The number of hydrogen-bond donors (Lipinski definition) is 3. The molecule has 3 N–H and O–H groups in total. The summed E-state index contributed by atoms with van der Waals surface area (Å²) in [5, 5.41) is 7.14. The Labute approximate surface area is 181 Å². The summed E-state index contributed by atoms with van der Waals surface area (Å²) in [5.74, 6) is -0.287. The number of aromatic nitrogens is 1. The van der Waals surface area contributed by atoms with Crippen LogP contribution in [0, 0.1) is 5.82 Å². The summed E-state index contributed by atoms with van der Waals surface area (Å²) in [6, 6.07) is 13.7. The molecule has 1 atom stereocenters. The fourth-order valence-electron chi connectivity index (χ4n) is 3.09. The van der Waals surface area contributed by atoms with Gasteiger partial charge in [0.1, 0.15) is 11.4 Å². The van der Waals surface area contributed by atoms with Crippen molar-refractivity contribution < 1.29 is 13.9 Å². The number of rotatable bonds is 6. The molecule has 0 aliphatic rings. The van der Waals surface area contributed by atoms with E-state index >= 15 is 0 Å². The fraction of sp³-hybridized carbons (Fsp3) is 0.304. The molecule has 0 radical (unpaired) electrons. The zero-order valence-corrected chi connectivity index (χ0v) is 18.1. The highest BCUT2D eigenvalue weighted by Crippen LogP contribution is 2.19. The molecule has 3 rings (SSSR count). The van der Waals surface area contributed by atoms with Gasteiger partial charge < -0.3 is 20.4 Å². The van der Waals surface area contributed by atoms with Crippen LogP contribution in [0.15, 0.2) is 54.7 Å². The molecule has 0 aliphatic heterocycles. The highest BCUT2D eigenvalue weighted by Gasteiger charge is 2.23. The van der Waals surface area contributed by atoms with Crippen LogP contribution in [0.5, 0.6) is 0 Å². The molecule has 0 saturated heterocycles. The lowest BCUT2D eigenvalue weighted by molar-refractivity contribution is 0.0518. The first-order valence-electron chi connectivity index (χ1n) is 9.78. The maximum atomic E-state index is 13.1. The first kappa shape index (κ1) is 21.8. The molecule has 0 spiro atoms. The number of amides is 1. The number of H-pyrrole nitrogens is 1. The van der Waals surface area contributed by atoms with Crippen molar-refractivity contribution in [1.29, 1.82) is 0 Å². The summed E-state index contributed by atoms with van der Waals surface area (Å²) in [7, 11) is 0. The summed E-state index contributed by atoms with van der Waals surface area (Å²) < 4.78 is 18.5. The summed E-state index contributed by atoms with van der Waals surface area (Å²) in [6.07, 6.45) is 1.90. The Hall–Kier alpha value is -2.93. The number of carbonyl (C=O) groups is 1. The van der Waals surface area contributed by atoms with Gasteiger partial charge in [0.05, 0.1) is 11.0 Å². The maximum absolute atomic E-state index is 13.1. The fourth-order valence-corrected chi connectivity index (χ4v) is 3.31. The minimum atomic E-state index is -0.613. The van der Waals surface area contributed by atoms with Crippen LogP contribution >= 0.6 is 12.2 Å². The van der Waals surface area contributed by atoms with E-state index in [0.29, 0.717) is 18.0 Å². The van der Waals surface area contributed by atoms with Crippen LogP contribution < -0.4 is 10.6 Å². The Morgan fingerprint density at radius 3 is 2.57 bits per heavy atom. The molecule has 0 aliphatic carbocycles. The van der Waals surface area contributed by atoms with E-state index in [-0.39, 0.29) is 5.82 Å². The van der Waals surface area contributed by atoms with Gasteiger partial charge in [-0.15, -0.1) is 0 Å². The largest absolute Gasteiger partial charge is 0.444 e. The van der Waals surface area contributed by atoms with E-state index < -0.39 is 17.7 Å². The van der Waals surface area contributed by atoms with E-state index in [1.807, 2.05) is 51.2 Å². The molecule has 5 nitrogen and oxygen atoms in total. The summed E-state index contributed by atoms with van der Waals surface area (Å²) in [6.45, 7) is 5.87. The van der Waals surface area contributed by atoms with Gasteiger partial charge in [-0.25, -0.2) is 9.18 Å². The van der Waals surface area contributed by atoms with Crippen LogP contribution in [-0.4, -0.2) is 27.7 Å². The highest BCUT2D eigenvalue weighted by atomic mass is 32.1. The molecule has 0 bridgehead atoms. The third-order valence-corrected chi connectivity index (χ3v) is 4.92. The van der Waals surface area contributed by atoms with Crippen LogP contribution in [0.4, 0.5) is 9.18 Å². The van der Waals surface area contributed by atoms with Crippen molar-refractivity contribution >= 4 is 34.2 Å². The summed E-state index contributed by atoms with van der Waals surface area (Å²) in [4.78, 5) is 16.1. The average molecular weight is 428 g/mol. The number of benzene rings is 2. The van der Waals surface area contributed by atoms with E-state index in [2.05, 4.69) is 15.6 Å². The number of para-hydroxylation sites is 1. The van der Waals surface area contributed by atoms with Crippen molar-refractivity contribution in [3.8, 4) is 0 Å². The number of halogens is 1. The monoisotopic (exact) mass is 427 g/mol. The molecule has 1 amide bonds. The first-order valence-corrected chi connectivity index (χ1v) is 10.2. The standard InChI is InChI=1S/C23H26FN3O2S/c1-23(2,3)29-22(28)27-20(12-16-14-25-19-7-5-4-6-18(16)19)21(30)26-13-15-8-10-17(24)11-9-15/h4-11,14,20,25H,12-13H2,1-3H3,(H,26,30)(H,27,28)/t20-/m1/s1. The number of carbonyl (C=O) groups excluding carboxylic acids is 1. The van der Waals surface area contributed by atoms with Crippen LogP contribution in [0.2, 0.25) is 0 Å². The number of hydrogen-bond acceptors (Lipinski definition) is 3. The number of nitrogens with one attached hydrogen (secondary N) is 3. The molecule has 7 heteroatoms. The molecule has 0 saturated carbocycles. The topological polar surface area (TPSA) is 66.1 Å². The molecule has 1 aromatic heterocycles. The second kappa shape index (κ2) is 9.26. The van der Waals surface area contributed by atoms with Crippen LogP contribution in [0.1, 0.15) is 31.9 Å². The number of thiocarbonyl (C=S) groups is 1. The first-order chi connectivity index (χ1) is 14.2. The number of aromatic amines is 1. The quantitative estimate of drug-likeness (QED) is 0.492. The van der Waals surface area contributed by atoms with E-state index in [9.17, 15) is 9.18 Å². The predicted molar refractivity (Wildman–Crippen MR) is 121 cm³/mol. The van der Waals surface area contributed by atoms with Gasteiger partial charge >= 0.3 is 6.09 Å². The molecule has 2 aromatic carbocycles. The molecule has 158 valence electrons. The van der Waals surface area contributed by atoms with Crippen molar-refractivity contribution in [2.45, 2.75) is 45.4 Å². The Balaban J connectivity index is 1.74. The molecule has 0 fully saturated rings. The average Bonchev–Trinajstić information content (AvgIpc) is 3.08. The third-order valence-electron chi connectivity index (χ3n) is 4.49. The van der Waals surface area contributed by atoms with Gasteiger partial charge in [-0.2, -0.15) is 0 Å². The molecule has 0 unspecified atom stereocenters. The van der Waals surface area contributed by atoms with Crippen LogP contribution in [-0.2, 0) is 17.7 Å². The molecular formula is C23H26FN3O2S. The smallest absolute Gasteiger partial charge is 0.408 e. The van der Waals surface area contributed by atoms with Gasteiger partial charge in [-0.3, -0.25) is 0 Å². The molecule has 30 heavy (non-hydrogen) atoms. The minimum Gasteiger partial charge on any atom is -0.444 e. The molecular weight excluding hydrogens is 401 g/mol. The van der Waals surface area contributed by atoms with E-state index in [1.165, 1.54) is 12.1 Å². The Morgan fingerprint density at radius 1 is 1.17 bits per heavy atom. The van der Waals surface area contributed by atoms with Crippen LogP contribution in [0.3, 0.4) is 0 Å². The van der Waals surface area contributed by atoms with Gasteiger partial charge in [-0.1, -0.05) is 42.5 Å². The van der Waals surface area contributed by atoms with E-state index in [4.69, 9.17) is 17.0 Å². The van der Waals surface area contributed by atoms with Crippen molar-refractivity contribution in [1.82, 2.24) is 15.6 Å². The van der Waals surface area contributed by atoms with Gasteiger partial charge in [-0.05, 0) is 50.1 Å². The third kappa shape index (κ3) is 6.03. The van der Waals surface area contributed by atoms with E-state index in [1.54, 1.807) is 12.1 Å². The van der Waals surface area contributed by atoms with Crippen LogP contribution in [0.25, 0.3) is 10.9 Å². The Morgan fingerprint density at radius 2 is 1.87 bits per heavy atom. The summed E-state index contributed by atoms with van der Waals surface area (Å²) in [5.41, 5.74) is 2.34. The lowest BCUT2D eigenvalue weighted by Gasteiger charge is -2.24. The second-order valence-corrected chi connectivity index (χ2v) is 8.55. The Kier molecular flexibility index (Phi) is 6.72. The number of ether oxygens (including phenoxy) is 1. The molecule has 1 heterocycles. The predicted octanol–water partition coefficient (Wildman–Crippen LogP) is 4.86. The lowest BCUT2D eigenvalue weighted by Crippen LogP contribution is -2.48. The normalized spacial score (nSPS) is 12.4.